The molecule has 0 aliphatic carbocycles. The summed E-state index contributed by atoms with van der Waals surface area (Å²) in [5.41, 5.74) is 8.63. The number of likely N-dealkylation sites (tertiary alicyclic amines) is 1. The van der Waals surface area contributed by atoms with Gasteiger partial charge >= 0.3 is 0 Å². The Morgan fingerprint density at radius 2 is 2.09 bits per heavy atom. The number of fused-ring (bicyclic) bond motifs is 1. The molecule has 2 aromatic heterocycles. The van der Waals surface area contributed by atoms with Gasteiger partial charge in [-0.05, 0) is 37.3 Å². The summed E-state index contributed by atoms with van der Waals surface area (Å²) < 4.78 is 1.97. The highest BCUT2D eigenvalue weighted by Crippen LogP contribution is 2.28. The van der Waals surface area contributed by atoms with Crippen LogP contribution in [0.15, 0.2) is 18.5 Å². The molecule has 0 aromatic carbocycles. The zero-order valence-corrected chi connectivity index (χ0v) is 15.3. The first kappa shape index (κ1) is 18.2. The van der Waals surface area contributed by atoms with E-state index in [1.807, 2.05) is 17.1 Å². The van der Waals surface area contributed by atoms with Crippen molar-refractivity contribution in [1.82, 2.24) is 19.7 Å². The Morgan fingerprint density at radius 1 is 1.35 bits per heavy atom. The van der Waals surface area contributed by atoms with Crippen LogP contribution in [0.25, 0.3) is 11.0 Å². The zero-order valence-electron chi connectivity index (χ0n) is 14.5. The van der Waals surface area contributed by atoms with Gasteiger partial charge in [0.2, 0.25) is 0 Å². The lowest BCUT2D eigenvalue weighted by atomic mass is 9.79. The zero-order chi connectivity index (χ0) is 15.9. The van der Waals surface area contributed by atoms with Crippen LogP contribution >= 0.6 is 12.4 Å². The highest BCUT2D eigenvalue weighted by molar-refractivity contribution is 5.85. The average Bonchev–Trinajstić information content (AvgIpc) is 2.86. The van der Waals surface area contributed by atoms with Gasteiger partial charge in [0.05, 0.1) is 6.20 Å². The van der Waals surface area contributed by atoms with Crippen LogP contribution in [-0.2, 0) is 6.54 Å². The average molecular weight is 338 g/mol. The van der Waals surface area contributed by atoms with Gasteiger partial charge in [-0.2, -0.15) is 5.10 Å². The van der Waals surface area contributed by atoms with Crippen LogP contribution in [0.2, 0.25) is 0 Å². The second-order valence-electron chi connectivity index (χ2n) is 7.53. The predicted molar refractivity (Wildman–Crippen MR) is 96.8 cm³/mol. The predicted octanol–water partition coefficient (Wildman–Crippen LogP) is 2.99. The molecule has 0 saturated carbocycles. The first-order valence-corrected chi connectivity index (χ1v) is 8.17. The minimum absolute atomic E-state index is 0. The van der Waals surface area contributed by atoms with E-state index < -0.39 is 0 Å². The molecule has 1 aliphatic rings. The summed E-state index contributed by atoms with van der Waals surface area (Å²) in [6.07, 6.45) is 4.97. The van der Waals surface area contributed by atoms with Crippen molar-refractivity contribution in [1.29, 1.82) is 0 Å². The van der Waals surface area contributed by atoms with E-state index in [4.69, 9.17) is 5.73 Å². The minimum atomic E-state index is 0. The summed E-state index contributed by atoms with van der Waals surface area (Å²) in [5, 5.41) is 5.56. The molecule has 2 aromatic rings. The number of pyridine rings is 1. The Balaban J connectivity index is 0.00000192. The molecule has 1 saturated heterocycles. The monoisotopic (exact) mass is 337 g/mol. The number of hydrogen-bond donors (Lipinski definition) is 1. The van der Waals surface area contributed by atoms with Gasteiger partial charge in [0.1, 0.15) is 0 Å². The highest BCUT2D eigenvalue weighted by Gasteiger charge is 2.33. The lowest BCUT2D eigenvalue weighted by Gasteiger charge is -2.42. The highest BCUT2D eigenvalue weighted by atomic mass is 35.5. The van der Waals surface area contributed by atoms with E-state index in [0.29, 0.717) is 12.1 Å². The van der Waals surface area contributed by atoms with Gasteiger partial charge in [-0.3, -0.25) is 4.90 Å². The van der Waals surface area contributed by atoms with Crippen LogP contribution in [0.4, 0.5) is 0 Å². The Hall–Kier alpha value is -1.17. The fraction of sp³-hybridized carbons (Fsp3) is 0.647. The van der Waals surface area contributed by atoms with Gasteiger partial charge in [-0.15, -0.1) is 12.4 Å². The second kappa shape index (κ2) is 6.75. The number of nitrogens with zero attached hydrogens (tertiary/aromatic N) is 4. The molecule has 1 unspecified atom stereocenters. The third kappa shape index (κ3) is 3.67. The van der Waals surface area contributed by atoms with E-state index in [0.717, 1.165) is 37.1 Å². The van der Waals surface area contributed by atoms with E-state index in [9.17, 15) is 0 Å². The third-order valence-corrected chi connectivity index (χ3v) is 4.78. The van der Waals surface area contributed by atoms with E-state index in [1.54, 1.807) is 0 Å². The fourth-order valence-corrected chi connectivity index (χ4v) is 3.33. The fourth-order valence-electron chi connectivity index (χ4n) is 3.33. The third-order valence-electron chi connectivity index (χ3n) is 4.78. The van der Waals surface area contributed by atoms with Crippen molar-refractivity contribution in [2.75, 3.05) is 13.1 Å². The van der Waals surface area contributed by atoms with Crippen molar-refractivity contribution in [2.45, 2.75) is 52.7 Å². The second-order valence-corrected chi connectivity index (χ2v) is 7.53. The van der Waals surface area contributed by atoms with E-state index in [2.05, 4.69) is 48.7 Å². The van der Waals surface area contributed by atoms with Crippen LogP contribution < -0.4 is 5.73 Å². The Bertz CT molecular complexity index is 664. The molecular weight excluding hydrogens is 310 g/mol. The van der Waals surface area contributed by atoms with Gasteiger partial charge in [0, 0.05) is 43.3 Å². The Morgan fingerprint density at radius 3 is 2.74 bits per heavy atom. The largest absolute Gasteiger partial charge is 0.327 e. The minimum Gasteiger partial charge on any atom is -0.327 e. The molecule has 128 valence electrons. The number of halogens is 1. The molecular formula is C17H28ClN5. The molecule has 1 aliphatic heterocycles. The molecule has 3 heterocycles. The molecule has 1 atom stereocenters. The van der Waals surface area contributed by atoms with Crippen molar-refractivity contribution in [3.8, 4) is 0 Å². The molecule has 0 radical (unpaired) electrons. The molecule has 3 rings (SSSR count). The van der Waals surface area contributed by atoms with E-state index in [1.165, 1.54) is 5.56 Å². The maximum atomic E-state index is 6.22. The Kier molecular flexibility index (Phi) is 5.33. The number of aromatic nitrogens is 3. The van der Waals surface area contributed by atoms with Crippen LogP contribution in [0.5, 0.6) is 0 Å². The molecule has 6 heteroatoms. The Labute approximate surface area is 144 Å². The van der Waals surface area contributed by atoms with Crippen LogP contribution in [0, 0.1) is 5.41 Å². The smallest absolute Gasteiger partial charge is 0.157 e. The van der Waals surface area contributed by atoms with Crippen LogP contribution in [0.1, 0.15) is 45.7 Å². The van der Waals surface area contributed by atoms with Gasteiger partial charge in [-0.25, -0.2) is 9.67 Å². The number of piperidine rings is 1. The van der Waals surface area contributed by atoms with Crippen molar-refractivity contribution in [3.05, 3.63) is 24.0 Å². The topological polar surface area (TPSA) is 60.0 Å². The first-order valence-electron chi connectivity index (χ1n) is 8.17. The number of rotatable bonds is 3. The van der Waals surface area contributed by atoms with E-state index in [-0.39, 0.29) is 17.8 Å². The van der Waals surface area contributed by atoms with Gasteiger partial charge in [0.25, 0.3) is 0 Å². The lowest BCUT2D eigenvalue weighted by Crippen LogP contribution is -2.52. The van der Waals surface area contributed by atoms with Crippen molar-refractivity contribution >= 4 is 23.4 Å². The molecule has 2 N–H and O–H groups in total. The SMILES string of the molecule is CC(C)n1ncc2cc(CN3CCC(N)C(C)(C)C3)cnc21.Cl. The van der Waals surface area contributed by atoms with E-state index >= 15 is 0 Å². The summed E-state index contributed by atoms with van der Waals surface area (Å²) in [4.78, 5) is 7.11. The lowest BCUT2D eigenvalue weighted by molar-refractivity contribution is 0.0898. The quantitative estimate of drug-likeness (QED) is 0.935. The summed E-state index contributed by atoms with van der Waals surface area (Å²) in [6.45, 7) is 11.8. The standard InChI is InChI=1S/C17H27N5.ClH/c1-12(2)22-16-14(9-20-22)7-13(8-19-16)10-21-6-5-15(18)17(3,4)11-21;/h7-9,12,15H,5-6,10-11,18H2,1-4H3;1H. The molecule has 0 amide bonds. The van der Waals surface area contributed by atoms with Crippen LogP contribution in [0.3, 0.4) is 0 Å². The summed E-state index contributed by atoms with van der Waals surface area (Å²) in [7, 11) is 0. The van der Waals surface area contributed by atoms with Gasteiger partial charge in [0.15, 0.2) is 5.65 Å². The van der Waals surface area contributed by atoms with Crippen molar-refractivity contribution < 1.29 is 0 Å². The summed E-state index contributed by atoms with van der Waals surface area (Å²) in [5.74, 6) is 0. The summed E-state index contributed by atoms with van der Waals surface area (Å²) >= 11 is 0. The van der Waals surface area contributed by atoms with Gasteiger partial charge < -0.3 is 5.73 Å². The maximum absolute atomic E-state index is 6.22. The molecule has 0 spiro atoms. The number of nitrogens with two attached hydrogens (primary N) is 1. The van der Waals surface area contributed by atoms with Crippen molar-refractivity contribution in [3.63, 3.8) is 0 Å². The maximum Gasteiger partial charge on any atom is 0.157 e. The van der Waals surface area contributed by atoms with Crippen LogP contribution in [-0.4, -0.2) is 38.8 Å². The number of hydrogen-bond acceptors (Lipinski definition) is 4. The first-order chi connectivity index (χ1) is 10.4. The summed E-state index contributed by atoms with van der Waals surface area (Å²) in [6, 6.07) is 2.85. The normalized spacial score (nSPS) is 21.6. The molecule has 23 heavy (non-hydrogen) atoms. The van der Waals surface area contributed by atoms with Gasteiger partial charge in [-0.1, -0.05) is 13.8 Å². The molecule has 5 nitrogen and oxygen atoms in total. The molecule has 0 bridgehead atoms. The molecule has 1 fully saturated rings. The van der Waals surface area contributed by atoms with Crippen molar-refractivity contribution in [2.24, 2.45) is 11.1 Å².